The molecular formula is C18H16F3NO. The van der Waals surface area contributed by atoms with E-state index in [1.807, 2.05) is 0 Å². The van der Waals surface area contributed by atoms with Crippen molar-refractivity contribution in [3.05, 3.63) is 71.0 Å². The zero-order chi connectivity index (χ0) is 16.6. The molecule has 3 unspecified atom stereocenters. The summed E-state index contributed by atoms with van der Waals surface area (Å²) in [6.45, 7) is 1.72. The molecule has 1 saturated carbocycles. The van der Waals surface area contributed by atoms with Crippen molar-refractivity contribution in [3.8, 4) is 0 Å². The summed E-state index contributed by atoms with van der Waals surface area (Å²) in [6, 6.07) is 9.31. The first-order valence-corrected chi connectivity index (χ1v) is 7.46. The predicted octanol–water partition coefficient (Wildman–Crippen LogP) is 4.08. The maximum Gasteiger partial charge on any atom is 0.224 e. The van der Waals surface area contributed by atoms with Crippen molar-refractivity contribution in [2.24, 2.45) is 5.92 Å². The van der Waals surface area contributed by atoms with Crippen LogP contribution in [0.2, 0.25) is 0 Å². The van der Waals surface area contributed by atoms with Gasteiger partial charge in [-0.05, 0) is 54.7 Å². The summed E-state index contributed by atoms with van der Waals surface area (Å²) < 4.78 is 39.1. The van der Waals surface area contributed by atoms with E-state index < -0.39 is 17.7 Å². The topological polar surface area (TPSA) is 29.1 Å². The van der Waals surface area contributed by atoms with Crippen LogP contribution in [0, 0.1) is 23.4 Å². The molecule has 1 aliphatic carbocycles. The van der Waals surface area contributed by atoms with Gasteiger partial charge in [-0.15, -0.1) is 0 Å². The molecule has 0 bridgehead atoms. The van der Waals surface area contributed by atoms with Crippen LogP contribution in [-0.4, -0.2) is 5.91 Å². The number of hydrogen-bond donors (Lipinski definition) is 1. The van der Waals surface area contributed by atoms with Crippen molar-refractivity contribution >= 4 is 5.91 Å². The van der Waals surface area contributed by atoms with Gasteiger partial charge in [0.1, 0.15) is 5.82 Å². The minimum Gasteiger partial charge on any atom is -0.349 e. The van der Waals surface area contributed by atoms with E-state index in [9.17, 15) is 18.0 Å². The summed E-state index contributed by atoms with van der Waals surface area (Å²) in [5.74, 6) is -2.34. The highest BCUT2D eigenvalue weighted by Crippen LogP contribution is 2.47. The zero-order valence-corrected chi connectivity index (χ0v) is 12.5. The molecule has 0 radical (unpaired) electrons. The highest BCUT2D eigenvalue weighted by molar-refractivity contribution is 5.83. The van der Waals surface area contributed by atoms with Crippen LogP contribution in [0.1, 0.15) is 36.4 Å². The first-order valence-electron chi connectivity index (χ1n) is 7.46. The lowest BCUT2D eigenvalue weighted by Crippen LogP contribution is -2.28. The lowest BCUT2D eigenvalue weighted by molar-refractivity contribution is -0.123. The molecule has 0 heterocycles. The number of hydrogen-bond acceptors (Lipinski definition) is 1. The minimum absolute atomic E-state index is 0.0905. The van der Waals surface area contributed by atoms with E-state index in [-0.39, 0.29) is 23.6 Å². The second kappa shape index (κ2) is 6.07. The molecule has 1 N–H and O–H groups in total. The minimum atomic E-state index is -0.931. The lowest BCUT2D eigenvalue weighted by Gasteiger charge is -2.14. The van der Waals surface area contributed by atoms with Gasteiger partial charge in [0.25, 0.3) is 0 Å². The highest BCUT2D eigenvalue weighted by atomic mass is 19.2. The summed E-state index contributed by atoms with van der Waals surface area (Å²) in [4.78, 5) is 12.2. The van der Waals surface area contributed by atoms with Gasteiger partial charge >= 0.3 is 0 Å². The van der Waals surface area contributed by atoms with Crippen LogP contribution in [0.15, 0.2) is 42.5 Å². The van der Waals surface area contributed by atoms with Crippen molar-refractivity contribution in [1.29, 1.82) is 0 Å². The Morgan fingerprint density at radius 2 is 1.78 bits per heavy atom. The number of amides is 1. The molecule has 1 aliphatic rings. The molecule has 2 aromatic carbocycles. The molecule has 23 heavy (non-hydrogen) atoms. The summed E-state index contributed by atoms with van der Waals surface area (Å²) in [5.41, 5.74) is 1.45. The molecule has 3 atom stereocenters. The Kier molecular flexibility index (Phi) is 4.11. The Morgan fingerprint density at radius 1 is 1.09 bits per heavy atom. The standard InChI is InChI=1S/C18H16F3NO/c1-10(12-4-7-16(20)17(21)8-12)22-18(23)15-9-14(15)11-2-5-13(19)6-3-11/h2-8,10,14-15H,9H2,1H3,(H,22,23). The number of rotatable bonds is 4. The Hall–Kier alpha value is -2.30. The Bertz CT molecular complexity index is 730. The van der Waals surface area contributed by atoms with Crippen LogP contribution in [0.25, 0.3) is 0 Å². The zero-order valence-electron chi connectivity index (χ0n) is 12.5. The fourth-order valence-electron chi connectivity index (χ4n) is 2.75. The molecule has 1 fully saturated rings. The maximum atomic E-state index is 13.2. The van der Waals surface area contributed by atoms with Crippen molar-refractivity contribution in [1.82, 2.24) is 5.32 Å². The van der Waals surface area contributed by atoms with Crippen LogP contribution in [0.5, 0.6) is 0 Å². The molecule has 0 spiro atoms. The summed E-state index contributed by atoms with van der Waals surface area (Å²) in [7, 11) is 0. The van der Waals surface area contributed by atoms with E-state index in [0.29, 0.717) is 12.0 Å². The first-order chi connectivity index (χ1) is 11.0. The smallest absolute Gasteiger partial charge is 0.224 e. The van der Waals surface area contributed by atoms with Crippen molar-refractivity contribution in [3.63, 3.8) is 0 Å². The van der Waals surface area contributed by atoms with Crippen molar-refractivity contribution in [2.75, 3.05) is 0 Å². The van der Waals surface area contributed by atoms with E-state index in [1.54, 1.807) is 19.1 Å². The average Bonchev–Trinajstić information content (AvgIpc) is 3.31. The number of benzene rings is 2. The molecule has 0 aliphatic heterocycles. The van der Waals surface area contributed by atoms with Gasteiger partial charge in [0, 0.05) is 5.92 Å². The Morgan fingerprint density at radius 3 is 2.43 bits per heavy atom. The number of carbonyl (C=O) groups is 1. The highest BCUT2D eigenvalue weighted by Gasteiger charge is 2.44. The van der Waals surface area contributed by atoms with Gasteiger partial charge in [-0.2, -0.15) is 0 Å². The normalized spacial score (nSPS) is 20.9. The number of halogens is 3. The maximum absolute atomic E-state index is 13.2. The third kappa shape index (κ3) is 3.38. The molecule has 3 rings (SSSR count). The molecule has 120 valence electrons. The molecule has 1 amide bonds. The van der Waals surface area contributed by atoms with Crippen molar-refractivity contribution < 1.29 is 18.0 Å². The van der Waals surface area contributed by atoms with E-state index in [1.165, 1.54) is 18.2 Å². The van der Waals surface area contributed by atoms with E-state index in [0.717, 1.165) is 17.7 Å². The molecule has 2 nitrogen and oxygen atoms in total. The van der Waals surface area contributed by atoms with Gasteiger partial charge in [0.2, 0.25) is 5.91 Å². The van der Waals surface area contributed by atoms with Gasteiger partial charge in [-0.3, -0.25) is 4.79 Å². The van der Waals surface area contributed by atoms with Gasteiger partial charge in [-0.1, -0.05) is 18.2 Å². The van der Waals surface area contributed by atoms with Crippen LogP contribution < -0.4 is 5.32 Å². The van der Waals surface area contributed by atoms with Crippen LogP contribution in [0.4, 0.5) is 13.2 Å². The molecule has 5 heteroatoms. The summed E-state index contributed by atoms with van der Waals surface area (Å²) >= 11 is 0. The van der Waals surface area contributed by atoms with Crippen molar-refractivity contribution in [2.45, 2.75) is 25.3 Å². The summed E-state index contributed by atoms with van der Waals surface area (Å²) in [6.07, 6.45) is 0.710. The molecule has 2 aromatic rings. The monoisotopic (exact) mass is 319 g/mol. The lowest BCUT2D eigenvalue weighted by atomic mass is 10.1. The first kappa shape index (κ1) is 15.6. The largest absolute Gasteiger partial charge is 0.349 e. The van der Waals surface area contributed by atoms with Crippen LogP contribution in [-0.2, 0) is 4.79 Å². The van der Waals surface area contributed by atoms with E-state index in [2.05, 4.69) is 5.32 Å². The molecular weight excluding hydrogens is 303 g/mol. The molecule has 0 saturated heterocycles. The number of nitrogens with one attached hydrogen (secondary N) is 1. The van der Waals surface area contributed by atoms with E-state index in [4.69, 9.17) is 0 Å². The molecule has 0 aromatic heterocycles. The Balaban J connectivity index is 1.61. The van der Waals surface area contributed by atoms with Gasteiger partial charge < -0.3 is 5.32 Å². The SMILES string of the molecule is CC(NC(=O)C1CC1c1ccc(F)cc1)c1ccc(F)c(F)c1. The summed E-state index contributed by atoms with van der Waals surface area (Å²) in [5, 5.41) is 2.81. The second-order valence-corrected chi connectivity index (χ2v) is 5.90. The second-order valence-electron chi connectivity index (χ2n) is 5.90. The van der Waals surface area contributed by atoms with E-state index >= 15 is 0 Å². The van der Waals surface area contributed by atoms with Gasteiger partial charge in [-0.25, -0.2) is 13.2 Å². The van der Waals surface area contributed by atoms with Crippen LogP contribution >= 0.6 is 0 Å². The van der Waals surface area contributed by atoms with Gasteiger partial charge in [0.05, 0.1) is 6.04 Å². The van der Waals surface area contributed by atoms with Gasteiger partial charge in [0.15, 0.2) is 11.6 Å². The van der Waals surface area contributed by atoms with Crippen LogP contribution in [0.3, 0.4) is 0 Å². The third-order valence-electron chi connectivity index (χ3n) is 4.23. The fourth-order valence-corrected chi connectivity index (χ4v) is 2.75. The quantitative estimate of drug-likeness (QED) is 0.904. The predicted molar refractivity (Wildman–Crippen MR) is 80.2 cm³/mol. The Labute approximate surface area is 132 Å². The number of carbonyl (C=O) groups excluding carboxylic acids is 1. The third-order valence-corrected chi connectivity index (χ3v) is 4.23. The average molecular weight is 319 g/mol. The fraction of sp³-hybridized carbons (Fsp3) is 0.278.